The van der Waals surface area contributed by atoms with Crippen LogP contribution in [0.4, 0.5) is 0 Å². The van der Waals surface area contributed by atoms with Gasteiger partial charge < -0.3 is 33.3 Å². The highest BCUT2D eigenvalue weighted by Gasteiger charge is 2.14. The first-order valence-electron chi connectivity index (χ1n) is 9.78. The molecular formula is C23H28O8S. The van der Waals surface area contributed by atoms with Crippen LogP contribution >= 0.6 is 0 Å². The monoisotopic (exact) mass is 464 g/mol. The minimum atomic E-state index is -1.33. The van der Waals surface area contributed by atoms with E-state index in [0.717, 1.165) is 5.56 Å². The Morgan fingerprint density at radius 2 is 1.62 bits per heavy atom. The van der Waals surface area contributed by atoms with E-state index in [1.807, 2.05) is 6.07 Å². The van der Waals surface area contributed by atoms with Gasteiger partial charge in [0.1, 0.15) is 28.4 Å². The van der Waals surface area contributed by atoms with Crippen molar-refractivity contribution in [3.63, 3.8) is 0 Å². The van der Waals surface area contributed by atoms with E-state index < -0.39 is 17.1 Å². The van der Waals surface area contributed by atoms with E-state index in [-0.39, 0.29) is 18.8 Å². The molecule has 0 saturated heterocycles. The zero-order valence-corrected chi connectivity index (χ0v) is 19.4. The molecule has 174 valence electrons. The highest BCUT2D eigenvalue weighted by atomic mass is 32.2. The number of ether oxygens (including phenoxy) is 5. The van der Waals surface area contributed by atoms with Gasteiger partial charge in [0.25, 0.3) is 0 Å². The van der Waals surface area contributed by atoms with E-state index in [2.05, 4.69) is 0 Å². The van der Waals surface area contributed by atoms with Crippen LogP contribution in [-0.2, 0) is 21.7 Å². The van der Waals surface area contributed by atoms with E-state index in [1.54, 1.807) is 42.9 Å². The SMILES string of the molecule is COc1cc(OC)c(C=C[S+]([O-])Cc2ccc(OC)c(OCCCC(=O)O)c2)c(OC)c1. The second-order valence-electron chi connectivity index (χ2n) is 6.60. The van der Waals surface area contributed by atoms with Gasteiger partial charge in [0.2, 0.25) is 0 Å². The predicted molar refractivity (Wildman–Crippen MR) is 122 cm³/mol. The van der Waals surface area contributed by atoms with Gasteiger partial charge in [0.15, 0.2) is 11.5 Å². The molecule has 0 amide bonds. The third-order valence-electron chi connectivity index (χ3n) is 4.47. The van der Waals surface area contributed by atoms with Crippen LogP contribution < -0.4 is 23.7 Å². The number of hydrogen-bond acceptors (Lipinski definition) is 7. The third kappa shape index (κ3) is 7.28. The maximum absolute atomic E-state index is 12.7. The van der Waals surface area contributed by atoms with Crippen molar-refractivity contribution in [1.82, 2.24) is 0 Å². The molecule has 9 heteroatoms. The summed E-state index contributed by atoms with van der Waals surface area (Å²) in [4.78, 5) is 10.6. The molecule has 2 aromatic rings. The van der Waals surface area contributed by atoms with Gasteiger partial charge in [0.05, 0.1) is 40.6 Å². The fourth-order valence-electron chi connectivity index (χ4n) is 2.88. The minimum absolute atomic E-state index is 0.0229. The Bertz CT molecular complexity index is 903. The Morgan fingerprint density at radius 3 is 2.19 bits per heavy atom. The minimum Gasteiger partial charge on any atom is -0.612 e. The lowest BCUT2D eigenvalue weighted by molar-refractivity contribution is -0.137. The van der Waals surface area contributed by atoms with E-state index in [9.17, 15) is 9.35 Å². The summed E-state index contributed by atoms with van der Waals surface area (Å²) in [6.45, 7) is 0.242. The molecule has 0 aliphatic rings. The Hall–Kier alpha value is -3.04. The first-order chi connectivity index (χ1) is 15.4. The van der Waals surface area contributed by atoms with Crippen molar-refractivity contribution < 1.29 is 38.1 Å². The summed E-state index contributed by atoms with van der Waals surface area (Å²) >= 11 is -1.33. The summed E-state index contributed by atoms with van der Waals surface area (Å²) in [6, 6.07) is 8.74. The van der Waals surface area contributed by atoms with Gasteiger partial charge in [-0.05, 0) is 29.7 Å². The molecule has 0 aromatic heterocycles. The molecular weight excluding hydrogens is 436 g/mol. The first kappa shape index (κ1) is 25.2. The van der Waals surface area contributed by atoms with Crippen LogP contribution in [0, 0.1) is 0 Å². The molecule has 0 spiro atoms. The quantitative estimate of drug-likeness (QED) is 0.352. The van der Waals surface area contributed by atoms with Gasteiger partial charge in [-0.25, -0.2) is 0 Å². The van der Waals surface area contributed by atoms with Gasteiger partial charge in [-0.2, -0.15) is 0 Å². The summed E-state index contributed by atoms with van der Waals surface area (Å²) in [5, 5.41) is 10.3. The normalized spacial score (nSPS) is 11.8. The first-order valence-corrected chi connectivity index (χ1v) is 11.2. The number of carboxylic acid groups (broad SMARTS) is 1. The van der Waals surface area contributed by atoms with Crippen LogP contribution in [0.1, 0.15) is 24.0 Å². The van der Waals surface area contributed by atoms with E-state index in [4.69, 9.17) is 28.8 Å². The van der Waals surface area contributed by atoms with Crippen molar-refractivity contribution >= 4 is 23.2 Å². The molecule has 0 aliphatic heterocycles. The Kier molecular flexibility index (Phi) is 10.0. The molecule has 0 fully saturated rings. The summed E-state index contributed by atoms with van der Waals surface area (Å²) in [6.07, 6.45) is 2.10. The van der Waals surface area contributed by atoms with Crippen molar-refractivity contribution in [2.75, 3.05) is 35.0 Å². The maximum atomic E-state index is 12.7. The van der Waals surface area contributed by atoms with Crippen molar-refractivity contribution in [2.45, 2.75) is 18.6 Å². The maximum Gasteiger partial charge on any atom is 0.303 e. The molecule has 0 aliphatic carbocycles. The number of aliphatic carboxylic acids is 1. The fraction of sp³-hybridized carbons (Fsp3) is 0.348. The van der Waals surface area contributed by atoms with Crippen LogP contribution in [0.5, 0.6) is 28.7 Å². The third-order valence-corrected chi connectivity index (χ3v) is 5.53. The molecule has 0 heterocycles. The number of carbonyl (C=O) groups is 1. The highest BCUT2D eigenvalue weighted by molar-refractivity contribution is 7.93. The van der Waals surface area contributed by atoms with Crippen LogP contribution in [0.15, 0.2) is 35.7 Å². The molecule has 8 nitrogen and oxygen atoms in total. The fourth-order valence-corrected chi connectivity index (χ4v) is 3.77. The van der Waals surface area contributed by atoms with Crippen LogP contribution in [-0.4, -0.2) is 50.7 Å². The van der Waals surface area contributed by atoms with Crippen molar-refractivity contribution in [3.8, 4) is 28.7 Å². The predicted octanol–water partition coefficient (Wildman–Crippen LogP) is 3.88. The molecule has 0 saturated carbocycles. The molecule has 2 aromatic carbocycles. The largest absolute Gasteiger partial charge is 0.612 e. The van der Waals surface area contributed by atoms with Crippen LogP contribution in [0.3, 0.4) is 0 Å². The van der Waals surface area contributed by atoms with E-state index in [1.165, 1.54) is 21.3 Å². The summed E-state index contributed by atoms with van der Waals surface area (Å²) in [5.74, 6) is 2.06. The summed E-state index contributed by atoms with van der Waals surface area (Å²) in [5.41, 5.74) is 1.44. The Morgan fingerprint density at radius 1 is 0.969 bits per heavy atom. The van der Waals surface area contributed by atoms with Crippen LogP contribution in [0.25, 0.3) is 6.08 Å². The molecule has 1 atom stereocenters. The highest BCUT2D eigenvalue weighted by Crippen LogP contribution is 2.35. The van der Waals surface area contributed by atoms with Crippen molar-refractivity contribution in [1.29, 1.82) is 0 Å². The lowest BCUT2D eigenvalue weighted by Crippen LogP contribution is -2.05. The molecule has 32 heavy (non-hydrogen) atoms. The number of methoxy groups -OCH3 is 4. The standard InChI is InChI=1S/C23H28O8S/c1-27-17-13-20(29-3)18(21(14-17)30-4)9-11-32(26)15-16-7-8-19(28-2)22(12-16)31-10-5-6-23(24)25/h7-9,11-14H,5-6,10,15H2,1-4H3,(H,24,25). The number of rotatable bonds is 13. The number of benzene rings is 2. The van der Waals surface area contributed by atoms with Crippen molar-refractivity contribution in [2.24, 2.45) is 0 Å². The lowest BCUT2D eigenvalue weighted by Gasteiger charge is -2.14. The van der Waals surface area contributed by atoms with Gasteiger partial charge in [-0.3, -0.25) is 4.79 Å². The van der Waals surface area contributed by atoms with Gasteiger partial charge >= 0.3 is 5.97 Å². The number of hydrogen-bond donors (Lipinski definition) is 1. The Balaban J connectivity index is 2.12. The van der Waals surface area contributed by atoms with Crippen molar-refractivity contribution in [3.05, 3.63) is 46.9 Å². The average molecular weight is 465 g/mol. The molecule has 0 bridgehead atoms. The summed E-state index contributed by atoms with van der Waals surface area (Å²) in [7, 11) is 6.16. The molecule has 0 radical (unpaired) electrons. The zero-order valence-electron chi connectivity index (χ0n) is 18.6. The van der Waals surface area contributed by atoms with Gasteiger partial charge in [-0.15, -0.1) is 0 Å². The molecule has 1 unspecified atom stereocenters. The average Bonchev–Trinajstić information content (AvgIpc) is 2.79. The lowest BCUT2D eigenvalue weighted by atomic mass is 10.1. The second kappa shape index (κ2) is 12.7. The second-order valence-corrected chi connectivity index (χ2v) is 7.93. The zero-order chi connectivity index (χ0) is 23.5. The molecule has 2 rings (SSSR count). The van der Waals surface area contributed by atoms with Gasteiger partial charge in [0, 0.05) is 30.2 Å². The number of carboxylic acids is 1. The van der Waals surface area contributed by atoms with Gasteiger partial charge in [-0.1, -0.05) is 6.07 Å². The molecule has 1 N–H and O–H groups in total. The topological polar surface area (TPSA) is 107 Å². The summed E-state index contributed by atoms with van der Waals surface area (Å²) < 4.78 is 39.7. The Labute approximate surface area is 190 Å². The van der Waals surface area contributed by atoms with E-state index >= 15 is 0 Å². The van der Waals surface area contributed by atoms with Crippen LogP contribution in [0.2, 0.25) is 0 Å². The smallest absolute Gasteiger partial charge is 0.303 e. The van der Waals surface area contributed by atoms with E-state index in [0.29, 0.717) is 40.7 Å².